The molecule has 1 fully saturated rings. The Balaban J connectivity index is 2.05. The van der Waals surface area contributed by atoms with Crippen molar-refractivity contribution in [2.45, 2.75) is 64.8 Å². The molecule has 0 aromatic rings. The van der Waals surface area contributed by atoms with E-state index in [-0.39, 0.29) is 17.6 Å². The zero-order chi connectivity index (χ0) is 14.0. The van der Waals surface area contributed by atoms with Crippen molar-refractivity contribution in [3.05, 3.63) is 23.3 Å². The quantitative estimate of drug-likeness (QED) is 0.677. The van der Waals surface area contributed by atoms with Crippen LogP contribution in [0.25, 0.3) is 0 Å². The first kappa shape index (κ1) is 13.4. The van der Waals surface area contributed by atoms with Crippen LogP contribution in [0.1, 0.15) is 47.5 Å². The highest BCUT2D eigenvalue weighted by molar-refractivity contribution is 5.31. The number of fused-ring (bicyclic) bond motifs is 3. The molecule has 3 aliphatic rings. The van der Waals surface area contributed by atoms with Gasteiger partial charge in [-0.05, 0) is 64.9 Å². The summed E-state index contributed by atoms with van der Waals surface area (Å²) in [6.45, 7) is 10.6. The normalized spacial score (nSPS) is 48.1. The Hall–Kier alpha value is -0.600. The van der Waals surface area contributed by atoms with Crippen molar-refractivity contribution in [3.8, 4) is 0 Å². The predicted molar refractivity (Wildman–Crippen MR) is 76.8 cm³/mol. The van der Waals surface area contributed by atoms with Crippen molar-refractivity contribution < 1.29 is 9.84 Å². The third-order valence-corrected chi connectivity index (χ3v) is 5.75. The molecule has 2 heteroatoms. The Bertz CT molecular complexity index is 456. The highest BCUT2D eigenvalue weighted by Gasteiger charge is 2.57. The van der Waals surface area contributed by atoms with Gasteiger partial charge in [-0.1, -0.05) is 17.7 Å². The van der Waals surface area contributed by atoms with Crippen LogP contribution in [0.15, 0.2) is 23.3 Å². The number of allylic oxidation sites excluding steroid dienone is 2. The average Bonchev–Trinajstić information content (AvgIpc) is 2.47. The zero-order valence-corrected chi connectivity index (χ0v) is 12.7. The van der Waals surface area contributed by atoms with E-state index in [1.165, 1.54) is 18.4 Å². The van der Waals surface area contributed by atoms with Crippen molar-refractivity contribution in [3.63, 3.8) is 0 Å². The molecular weight excluding hydrogens is 236 g/mol. The lowest BCUT2D eigenvalue weighted by Gasteiger charge is -2.53. The highest BCUT2D eigenvalue weighted by Crippen LogP contribution is 2.54. The molecule has 1 heterocycles. The lowest BCUT2D eigenvalue weighted by Crippen LogP contribution is -2.56. The summed E-state index contributed by atoms with van der Waals surface area (Å²) in [5.41, 5.74) is 1.71. The second-order valence-corrected chi connectivity index (χ2v) is 7.44. The van der Waals surface area contributed by atoms with Gasteiger partial charge < -0.3 is 9.84 Å². The van der Waals surface area contributed by atoms with Gasteiger partial charge in [0.2, 0.25) is 0 Å². The van der Waals surface area contributed by atoms with Crippen molar-refractivity contribution in [2.24, 2.45) is 17.8 Å². The first-order valence-corrected chi connectivity index (χ1v) is 7.50. The van der Waals surface area contributed by atoms with E-state index in [0.29, 0.717) is 11.8 Å². The van der Waals surface area contributed by atoms with Crippen LogP contribution in [0.2, 0.25) is 0 Å². The molecule has 4 unspecified atom stereocenters. The van der Waals surface area contributed by atoms with Gasteiger partial charge in [-0.25, -0.2) is 0 Å². The van der Waals surface area contributed by atoms with Gasteiger partial charge in [0.1, 0.15) is 0 Å². The summed E-state index contributed by atoms with van der Waals surface area (Å²) in [7, 11) is 0. The van der Waals surface area contributed by atoms with Gasteiger partial charge in [0, 0.05) is 5.92 Å². The molecule has 0 radical (unpaired) electrons. The molecule has 3 rings (SSSR count). The van der Waals surface area contributed by atoms with Crippen LogP contribution >= 0.6 is 0 Å². The fourth-order valence-corrected chi connectivity index (χ4v) is 4.51. The number of ether oxygens (including phenoxy) is 1. The van der Waals surface area contributed by atoms with E-state index in [2.05, 4.69) is 32.9 Å². The summed E-state index contributed by atoms with van der Waals surface area (Å²) in [4.78, 5) is 0. The van der Waals surface area contributed by atoms with Gasteiger partial charge in [0.05, 0.1) is 17.3 Å². The van der Waals surface area contributed by atoms with Crippen molar-refractivity contribution >= 4 is 0 Å². The Labute approximate surface area is 116 Å². The molecule has 19 heavy (non-hydrogen) atoms. The molecular formula is C17H26O2. The molecule has 0 bridgehead atoms. The van der Waals surface area contributed by atoms with E-state index in [1.807, 2.05) is 13.8 Å². The van der Waals surface area contributed by atoms with Crippen LogP contribution in [0.4, 0.5) is 0 Å². The molecule has 0 spiro atoms. The van der Waals surface area contributed by atoms with Crippen LogP contribution in [0, 0.1) is 17.8 Å². The SMILES string of the molecule is CC1=CC2C(CC1)C(C)(C)OC1C=C(C)[C@@](C)(O)C12. The van der Waals surface area contributed by atoms with Crippen molar-refractivity contribution in [1.29, 1.82) is 0 Å². The minimum atomic E-state index is -0.724. The maximum absolute atomic E-state index is 10.9. The third kappa shape index (κ3) is 1.84. The summed E-state index contributed by atoms with van der Waals surface area (Å²) in [6, 6.07) is 0. The summed E-state index contributed by atoms with van der Waals surface area (Å²) < 4.78 is 6.34. The van der Waals surface area contributed by atoms with Crippen molar-refractivity contribution in [2.75, 3.05) is 0 Å². The minimum Gasteiger partial charge on any atom is -0.385 e. The standard InChI is InChI=1S/C17H26O2/c1-10-6-7-13-12(8-10)15-14(19-16(13,3)4)9-11(2)17(15,5)18/h8-9,12-15,18H,6-7H2,1-5H3/t12?,13?,14?,15?,17-/m1/s1. The van der Waals surface area contributed by atoms with Crippen LogP contribution in [0.3, 0.4) is 0 Å². The molecule has 1 N–H and O–H groups in total. The molecule has 106 valence electrons. The van der Waals surface area contributed by atoms with Crippen LogP contribution < -0.4 is 0 Å². The van der Waals surface area contributed by atoms with Gasteiger partial charge in [-0.3, -0.25) is 0 Å². The van der Waals surface area contributed by atoms with E-state index < -0.39 is 5.60 Å². The summed E-state index contributed by atoms with van der Waals surface area (Å²) >= 11 is 0. The zero-order valence-electron chi connectivity index (χ0n) is 12.7. The number of aliphatic hydroxyl groups is 1. The largest absolute Gasteiger partial charge is 0.385 e. The van der Waals surface area contributed by atoms with Gasteiger partial charge in [0.15, 0.2) is 0 Å². The smallest absolute Gasteiger partial charge is 0.0888 e. The van der Waals surface area contributed by atoms with Crippen LogP contribution in [0.5, 0.6) is 0 Å². The summed E-state index contributed by atoms with van der Waals surface area (Å²) in [6.07, 6.45) is 6.96. The maximum atomic E-state index is 10.9. The lowest BCUT2D eigenvalue weighted by molar-refractivity contribution is -0.194. The Morgan fingerprint density at radius 3 is 2.58 bits per heavy atom. The molecule has 0 aromatic heterocycles. The van der Waals surface area contributed by atoms with Crippen molar-refractivity contribution in [1.82, 2.24) is 0 Å². The summed E-state index contributed by atoms with van der Waals surface area (Å²) in [5, 5.41) is 10.9. The Kier molecular flexibility index (Phi) is 2.79. The molecule has 1 aliphatic heterocycles. The van der Waals surface area contributed by atoms with E-state index in [4.69, 9.17) is 4.74 Å². The fourth-order valence-electron chi connectivity index (χ4n) is 4.51. The van der Waals surface area contributed by atoms with E-state index >= 15 is 0 Å². The van der Waals surface area contributed by atoms with Crippen LogP contribution in [-0.2, 0) is 4.74 Å². The molecule has 0 aromatic carbocycles. The molecule has 0 saturated carbocycles. The molecule has 0 amide bonds. The first-order valence-electron chi connectivity index (χ1n) is 7.50. The molecule has 2 aliphatic carbocycles. The number of rotatable bonds is 0. The Morgan fingerprint density at radius 2 is 1.89 bits per heavy atom. The Morgan fingerprint density at radius 1 is 1.21 bits per heavy atom. The second-order valence-electron chi connectivity index (χ2n) is 7.44. The van der Waals surface area contributed by atoms with E-state index in [9.17, 15) is 5.11 Å². The van der Waals surface area contributed by atoms with Gasteiger partial charge in [0.25, 0.3) is 0 Å². The van der Waals surface area contributed by atoms with Crippen LogP contribution in [-0.4, -0.2) is 22.4 Å². The summed E-state index contributed by atoms with van der Waals surface area (Å²) in [5.74, 6) is 1.13. The predicted octanol–water partition coefficient (Wildman–Crippen LogP) is 3.46. The molecule has 5 atom stereocenters. The average molecular weight is 262 g/mol. The molecule has 1 saturated heterocycles. The van der Waals surface area contributed by atoms with Gasteiger partial charge in [-0.2, -0.15) is 0 Å². The maximum Gasteiger partial charge on any atom is 0.0888 e. The molecule has 2 nitrogen and oxygen atoms in total. The fraction of sp³-hybridized carbons (Fsp3) is 0.765. The van der Waals surface area contributed by atoms with Gasteiger partial charge in [-0.15, -0.1) is 0 Å². The second kappa shape index (κ2) is 3.95. The highest BCUT2D eigenvalue weighted by atomic mass is 16.5. The monoisotopic (exact) mass is 262 g/mol. The minimum absolute atomic E-state index is 0.0633. The number of hydrogen-bond donors (Lipinski definition) is 1. The third-order valence-electron chi connectivity index (χ3n) is 5.75. The number of hydrogen-bond acceptors (Lipinski definition) is 2. The van der Waals surface area contributed by atoms with E-state index in [1.54, 1.807) is 0 Å². The van der Waals surface area contributed by atoms with E-state index in [0.717, 1.165) is 5.57 Å². The first-order chi connectivity index (χ1) is 8.73. The van der Waals surface area contributed by atoms with Gasteiger partial charge >= 0.3 is 0 Å². The lowest BCUT2D eigenvalue weighted by atomic mass is 9.61. The topological polar surface area (TPSA) is 29.5 Å².